The number of hydrogen-bond donors (Lipinski definition) is 1. The van der Waals surface area contributed by atoms with Gasteiger partial charge in [0.2, 0.25) is 0 Å². The number of morpholine rings is 1. The molecular formula is C13H28N2O. The van der Waals surface area contributed by atoms with E-state index in [2.05, 4.69) is 37.9 Å². The van der Waals surface area contributed by atoms with Gasteiger partial charge in [-0.05, 0) is 18.4 Å². The largest absolute Gasteiger partial charge is 0.374 e. The van der Waals surface area contributed by atoms with E-state index in [-0.39, 0.29) is 0 Å². The van der Waals surface area contributed by atoms with Gasteiger partial charge in [0.1, 0.15) is 0 Å². The van der Waals surface area contributed by atoms with Crippen LogP contribution in [0.4, 0.5) is 0 Å². The molecule has 3 nitrogen and oxygen atoms in total. The number of nitrogens with zero attached hydrogens (tertiary/aromatic N) is 1. The van der Waals surface area contributed by atoms with Crippen LogP contribution >= 0.6 is 0 Å². The van der Waals surface area contributed by atoms with Gasteiger partial charge in [0.15, 0.2) is 0 Å². The molecule has 1 N–H and O–H groups in total. The zero-order valence-electron chi connectivity index (χ0n) is 11.3. The third-order valence-corrected chi connectivity index (χ3v) is 2.77. The highest BCUT2D eigenvalue weighted by atomic mass is 16.5. The maximum Gasteiger partial charge on any atom is 0.0826 e. The molecule has 1 unspecified atom stereocenters. The molecule has 16 heavy (non-hydrogen) atoms. The Morgan fingerprint density at radius 2 is 2.00 bits per heavy atom. The average molecular weight is 228 g/mol. The molecule has 0 radical (unpaired) electrons. The Bertz CT molecular complexity index is 183. The Morgan fingerprint density at radius 3 is 2.62 bits per heavy atom. The van der Waals surface area contributed by atoms with E-state index in [1.807, 2.05) is 0 Å². The van der Waals surface area contributed by atoms with Crippen molar-refractivity contribution in [2.24, 2.45) is 11.8 Å². The summed E-state index contributed by atoms with van der Waals surface area (Å²) >= 11 is 0. The summed E-state index contributed by atoms with van der Waals surface area (Å²) in [7, 11) is 0. The zero-order chi connectivity index (χ0) is 12.0. The Labute approximate surface area is 101 Å². The highest BCUT2D eigenvalue weighted by Gasteiger charge is 2.20. The van der Waals surface area contributed by atoms with E-state index < -0.39 is 0 Å². The Balaban J connectivity index is 2.17. The van der Waals surface area contributed by atoms with Crippen LogP contribution in [0.25, 0.3) is 0 Å². The first kappa shape index (κ1) is 13.9. The summed E-state index contributed by atoms with van der Waals surface area (Å²) in [6.07, 6.45) is 0.381. The molecule has 1 saturated heterocycles. The molecule has 1 aliphatic rings. The number of hydrogen-bond acceptors (Lipinski definition) is 3. The lowest BCUT2D eigenvalue weighted by Gasteiger charge is -2.34. The van der Waals surface area contributed by atoms with Crippen molar-refractivity contribution in [3.05, 3.63) is 0 Å². The van der Waals surface area contributed by atoms with E-state index in [0.717, 1.165) is 44.6 Å². The van der Waals surface area contributed by atoms with Gasteiger partial charge >= 0.3 is 0 Å². The van der Waals surface area contributed by atoms with E-state index in [0.29, 0.717) is 6.10 Å². The van der Waals surface area contributed by atoms with Gasteiger partial charge in [-0.2, -0.15) is 0 Å². The lowest BCUT2D eigenvalue weighted by molar-refractivity contribution is -0.0303. The van der Waals surface area contributed by atoms with Crippen LogP contribution in [0.1, 0.15) is 27.7 Å². The van der Waals surface area contributed by atoms with Crippen LogP contribution in [0.15, 0.2) is 0 Å². The van der Waals surface area contributed by atoms with Gasteiger partial charge in [0.25, 0.3) is 0 Å². The summed E-state index contributed by atoms with van der Waals surface area (Å²) in [4.78, 5) is 2.52. The first-order valence-electron chi connectivity index (χ1n) is 6.62. The third kappa shape index (κ3) is 5.83. The second-order valence-electron chi connectivity index (χ2n) is 5.70. The van der Waals surface area contributed by atoms with Crippen molar-refractivity contribution in [1.29, 1.82) is 0 Å². The zero-order valence-corrected chi connectivity index (χ0v) is 11.3. The average Bonchev–Trinajstić information content (AvgIpc) is 2.16. The second kappa shape index (κ2) is 7.25. The molecule has 1 fully saturated rings. The van der Waals surface area contributed by atoms with Crippen LogP contribution in [0.5, 0.6) is 0 Å². The molecule has 1 atom stereocenters. The van der Waals surface area contributed by atoms with E-state index in [4.69, 9.17) is 4.74 Å². The Hall–Kier alpha value is -0.120. The van der Waals surface area contributed by atoms with Gasteiger partial charge in [0, 0.05) is 26.2 Å². The fourth-order valence-corrected chi connectivity index (χ4v) is 2.12. The van der Waals surface area contributed by atoms with Crippen molar-refractivity contribution in [1.82, 2.24) is 10.2 Å². The summed E-state index contributed by atoms with van der Waals surface area (Å²) < 4.78 is 5.77. The Kier molecular flexibility index (Phi) is 6.32. The summed E-state index contributed by atoms with van der Waals surface area (Å²) in [5.74, 6) is 1.47. The molecule has 0 aliphatic carbocycles. The van der Waals surface area contributed by atoms with Gasteiger partial charge in [0.05, 0.1) is 12.7 Å². The molecule has 1 rings (SSSR count). The van der Waals surface area contributed by atoms with E-state index in [9.17, 15) is 0 Å². The molecule has 0 bridgehead atoms. The van der Waals surface area contributed by atoms with Gasteiger partial charge in [-0.3, -0.25) is 4.90 Å². The standard InChI is InChI=1S/C13H28N2O/c1-11(2)7-14-8-13-10-15(5-6-16-13)9-12(3)4/h11-14H,5-10H2,1-4H3. The molecule has 3 heteroatoms. The topological polar surface area (TPSA) is 24.5 Å². The highest BCUT2D eigenvalue weighted by molar-refractivity contribution is 4.74. The lowest BCUT2D eigenvalue weighted by Crippen LogP contribution is -2.47. The molecule has 1 aliphatic heterocycles. The van der Waals surface area contributed by atoms with Crippen LogP contribution in [-0.4, -0.2) is 50.3 Å². The number of rotatable bonds is 6. The third-order valence-electron chi connectivity index (χ3n) is 2.77. The molecule has 0 aromatic carbocycles. The van der Waals surface area contributed by atoms with Crippen molar-refractivity contribution < 1.29 is 4.74 Å². The highest BCUT2D eigenvalue weighted by Crippen LogP contribution is 2.07. The van der Waals surface area contributed by atoms with Crippen LogP contribution in [0, 0.1) is 11.8 Å². The predicted octanol–water partition coefficient (Wildman–Crippen LogP) is 1.59. The number of ether oxygens (including phenoxy) is 1. The minimum Gasteiger partial charge on any atom is -0.374 e. The summed E-state index contributed by atoms with van der Waals surface area (Å²) in [5.41, 5.74) is 0. The monoisotopic (exact) mass is 228 g/mol. The fourth-order valence-electron chi connectivity index (χ4n) is 2.12. The summed E-state index contributed by atoms with van der Waals surface area (Å²) in [6, 6.07) is 0. The van der Waals surface area contributed by atoms with Crippen LogP contribution < -0.4 is 5.32 Å². The quantitative estimate of drug-likeness (QED) is 0.747. The maximum absolute atomic E-state index is 5.77. The normalized spacial score (nSPS) is 23.2. The molecular weight excluding hydrogens is 200 g/mol. The molecule has 1 heterocycles. The second-order valence-corrected chi connectivity index (χ2v) is 5.70. The van der Waals surface area contributed by atoms with Crippen molar-refractivity contribution in [2.75, 3.05) is 39.3 Å². The maximum atomic E-state index is 5.77. The van der Waals surface area contributed by atoms with E-state index in [1.165, 1.54) is 6.54 Å². The lowest BCUT2D eigenvalue weighted by atomic mass is 10.1. The first-order valence-corrected chi connectivity index (χ1v) is 6.62. The molecule has 0 aromatic rings. The van der Waals surface area contributed by atoms with Crippen molar-refractivity contribution >= 4 is 0 Å². The van der Waals surface area contributed by atoms with Crippen molar-refractivity contribution in [3.63, 3.8) is 0 Å². The molecule has 0 spiro atoms. The smallest absolute Gasteiger partial charge is 0.0826 e. The SMILES string of the molecule is CC(C)CNCC1CN(CC(C)C)CCO1. The van der Waals surface area contributed by atoms with E-state index in [1.54, 1.807) is 0 Å². The fraction of sp³-hybridized carbons (Fsp3) is 1.00. The molecule has 96 valence electrons. The van der Waals surface area contributed by atoms with Gasteiger partial charge < -0.3 is 10.1 Å². The van der Waals surface area contributed by atoms with Crippen molar-refractivity contribution in [3.8, 4) is 0 Å². The summed E-state index contributed by atoms with van der Waals surface area (Å²) in [5, 5.41) is 3.48. The number of nitrogens with one attached hydrogen (secondary N) is 1. The van der Waals surface area contributed by atoms with Crippen molar-refractivity contribution in [2.45, 2.75) is 33.8 Å². The first-order chi connectivity index (χ1) is 7.58. The minimum absolute atomic E-state index is 0.381. The van der Waals surface area contributed by atoms with Gasteiger partial charge in [-0.1, -0.05) is 27.7 Å². The molecule has 0 amide bonds. The van der Waals surface area contributed by atoms with E-state index >= 15 is 0 Å². The van der Waals surface area contributed by atoms with Gasteiger partial charge in [-0.15, -0.1) is 0 Å². The predicted molar refractivity (Wildman–Crippen MR) is 68.7 cm³/mol. The van der Waals surface area contributed by atoms with Crippen LogP contribution in [0.2, 0.25) is 0 Å². The molecule has 0 saturated carbocycles. The van der Waals surface area contributed by atoms with Crippen LogP contribution in [-0.2, 0) is 4.74 Å². The minimum atomic E-state index is 0.381. The Morgan fingerprint density at radius 1 is 1.25 bits per heavy atom. The molecule has 0 aromatic heterocycles. The van der Waals surface area contributed by atoms with Gasteiger partial charge in [-0.25, -0.2) is 0 Å². The van der Waals surface area contributed by atoms with Crippen LogP contribution in [0.3, 0.4) is 0 Å². The summed E-state index contributed by atoms with van der Waals surface area (Å²) in [6.45, 7) is 15.4.